The molecule has 3 N–H and O–H groups in total. The summed E-state index contributed by atoms with van der Waals surface area (Å²) in [6, 6.07) is 17.0. The lowest BCUT2D eigenvalue weighted by Crippen LogP contribution is -2.29. The number of halogens is 5. The first-order chi connectivity index (χ1) is 16.1. The highest BCUT2D eigenvalue weighted by Crippen LogP contribution is 2.65. The molecular weight excluding hydrogens is 540 g/mol. The van der Waals surface area contributed by atoms with E-state index in [1.807, 2.05) is 31.2 Å². The van der Waals surface area contributed by atoms with Gasteiger partial charge in [-0.25, -0.2) is 0 Å². The summed E-state index contributed by atoms with van der Waals surface area (Å²) in [5, 5.41) is 3.83. The number of carbonyl (C=O) groups is 2. The number of amides is 2. The van der Waals surface area contributed by atoms with Crippen LogP contribution < -0.4 is 16.2 Å². The number of aryl methyl sites for hydroxylation is 1. The third kappa shape index (κ3) is 5.40. The van der Waals surface area contributed by atoms with Gasteiger partial charge in [0.1, 0.15) is 4.33 Å². The number of hydrazine groups is 1. The van der Waals surface area contributed by atoms with Crippen LogP contribution in [0.2, 0.25) is 15.1 Å². The number of anilines is 2. The minimum Gasteiger partial charge on any atom is -0.326 e. The van der Waals surface area contributed by atoms with E-state index in [1.165, 1.54) is 12.1 Å². The number of nitrogens with one attached hydrogen (secondary N) is 3. The topological polar surface area (TPSA) is 70.2 Å². The second-order valence-corrected chi connectivity index (χ2v) is 10.7. The molecule has 0 heterocycles. The Morgan fingerprint density at radius 1 is 0.853 bits per heavy atom. The molecule has 0 aliphatic heterocycles. The molecule has 0 radical (unpaired) electrons. The molecule has 10 heteroatoms. The van der Waals surface area contributed by atoms with Crippen LogP contribution in [0.15, 0.2) is 60.7 Å². The Kier molecular flexibility index (Phi) is 7.22. The fourth-order valence-electron chi connectivity index (χ4n) is 3.65. The molecule has 1 saturated carbocycles. The third-order valence-electron chi connectivity index (χ3n) is 5.43. The normalized spacial score (nSPS) is 18.2. The van der Waals surface area contributed by atoms with Gasteiger partial charge in [0.05, 0.1) is 22.2 Å². The minimum atomic E-state index is -1.32. The van der Waals surface area contributed by atoms with Crippen LogP contribution in [0.1, 0.15) is 27.4 Å². The van der Waals surface area contributed by atoms with Crippen LogP contribution >= 0.6 is 58.0 Å². The molecule has 34 heavy (non-hydrogen) atoms. The highest BCUT2D eigenvalue weighted by molar-refractivity contribution is 6.53. The van der Waals surface area contributed by atoms with Crippen LogP contribution in [-0.2, 0) is 4.79 Å². The van der Waals surface area contributed by atoms with Crippen molar-refractivity contribution >= 4 is 81.2 Å². The van der Waals surface area contributed by atoms with Crippen LogP contribution in [0.25, 0.3) is 0 Å². The van der Waals surface area contributed by atoms with E-state index in [-0.39, 0.29) is 10.6 Å². The zero-order chi connectivity index (χ0) is 24.6. The molecule has 2 atom stereocenters. The largest absolute Gasteiger partial charge is 0.326 e. The molecular formula is C24H18Cl5N3O2. The van der Waals surface area contributed by atoms with Gasteiger partial charge in [-0.3, -0.25) is 20.4 Å². The summed E-state index contributed by atoms with van der Waals surface area (Å²) in [7, 11) is 0. The second kappa shape index (κ2) is 9.84. The van der Waals surface area contributed by atoms with E-state index in [0.29, 0.717) is 27.0 Å². The van der Waals surface area contributed by atoms with Gasteiger partial charge in [0.15, 0.2) is 0 Å². The van der Waals surface area contributed by atoms with E-state index in [2.05, 4.69) is 16.2 Å². The zero-order valence-electron chi connectivity index (χ0n) is 17.6. The van der Waals surface area contributed by atoms with Gasteiger partial charge >= 0.3 is 0 Å². The van der Waals surface area contributed by atoms with Gasteiger partial charge in [0.2, 0.25) is 5.91 Å². The molecule has 0 saturated heterocycles. The fourth-order valence-corrected chi connectivity index (χ4v) is 5.23. The Bertz CT molecular complexity index is 1240. The van der Waals surface area contributed by atoms with E-state index in [0.717, 1.165) is 5.56 Å². The van der Waals surface area contributed by atoms with Gasteiger partial charge in [-0.15, -0.1) is 23.2 Å². The maximum absolute atomic E-state index is 13.0. The number of hydrogen-bond donors (Lipinski definition) is 3. The van der Waals surface area contributed by atoms with Gasteiger partial charge in [0, 0.05) is 21.7 Å². The summed E-state index contributed by atoms with van der Waals surface area (Å²) in [4.78, 5) is 25.6. The number of hydrogen-bond acceptors (Lipinski definition) is 3. The summed E-state index contributed by atoms with van der Waals surface area (Å²) < 4.78 is -1.32. The molecule has 0 aromatic heterocycles. The van der Waals surface area contributed by atoms with Gasteiger partial charge in [-0.2, -0.15) is 0 Å². The molecule has 0 bridgehead atoms. The van der Waals surface area contributed by atoms with Gasteiger partial charge in [-0.1, -0.05) is 52.5 Å². The Balaban J connectivity index is 1.45. The number of carbonyl (C=O) groups excluding carboxylic acids is 2. The van der Waals surface area contributed by atoms with E-state index >= 15 is 0 Å². The van der Waals surface area contributed by atoms with Crippen LogP contribution in [0.3, 0.4) is 0 Å². The van der Waals surface area contributed by atoms with Crippen LogP contribution in [0, 0.1) is 12.8 Å². The lowest BCUT2D eigenvalue weighted by atomic mass is 10.1. The molecule has 1 aliphatic carbocycles. The fraction of sp³-hybridized carbons (Fsp3) is 0.167. The first-order valence-electron chi connectivity index (χ1n) is 10.1. The third-order valence-corrected chi connectivity index (χ3v) is 7.14. The second-order valence-electron chi connectivity index (χ2n) is 7.96. The first-order valence-corrected chi connectivity index (χ1v) is 12.0. The van der Waals surface area contributed by atoms with Crippen molar-refractivity contribution in [3.05, 3.63) is 92.4 Å². The molecule has 3 aromatic rings. The number of alkyl halides is 2. The Hall–Kier alpha value is -2.15. The first kappa shape index (κ1) is 25.0. The predicted molar refractivity (Wildman–Crippen MR) is 139 cm³/mol. The van der Waals surface area contributed by atoms with Crippen molar-refractivity contribution in [1.29, 1.82) is 0 Å². The van der Waals surface area contributed by atoms with Crippen molar-refractivity contribution in [3.63, 3.8) is 0 Å². The summed E-state index contributed by atoms with van der Waals surface area (Å²) in [5.41, 5.74) is 8.44. The van der Waals surface area contributed by atoms with Crippen molar-refractivity contribution in [3.8, 4) is 0 Å². The summed E-state index contributed by atoms with van der Waals surface area (Å²) >= 11 is 31.2. The molecule has 2 unspecified atom stereocenters. The molecule has 2 amide bonds. The molecule has 5 nitrogen and oxygen atoms in total. The highest BCUT2D eigenvalue weighted by atomic mass is 35.5. The lowest BCUT2D eigenvalue weighted by molar-refractivity contribution is -0.117. The van der Waals surface area contributed by atoms with Crippen LogP contribution in [0.5, 0.6) is 0 Å². The van der Waals surface area contributed by atoms with Crippen molar-refractivity contribution in [2.45, 2.75) is 17.2 Å². The molecule has 0 spiro atoms. The maximum Gasteiger partial charge on any atom is 0.271 e. The summed E-state index contributed by atoms with van der Waals surface area (Å²) in [6.45, 7) is 1.97. The molecule has 3 aromatic carbocycles. The van der Waals surface area contributed by atoms with Crippen molar-refractivity contribution < 1.29 is 9.59 Å². The standard InChI is InChI=1S/C24H18Cl5N3O2/c1-12-2-4-16(5-3-12)31-32-22(33)18-11-17(6-7-19(18)27)30-23(34)21-20(24(21,28)29)13-8-14(25)10-15(26)9-13/h2-11,20-21,31H,1H3,(H,30,34)(H,32,33). The Morgan fingerprint density at radius 2 is 1.47 bits per heavy atom. The smallest absolute Gasteiger partial charge is 0.271 e. The Morgan fingerprint density at radius 3 is 2.12 bits per heavy atom. The van der Waals surface area contributed by atoms with Gasteiger partial charge in [-0.05, 0) is 61.0 Å². The van der Waals surface area contributed by atoms with Crippen molar-refractivity contribution in [2.75, 3.05) is 10.7 Å². The minimum absolute atomic E-state index is 0.177. The van der Waals surface area contributed by atoms with E-state index in [1.54, 1.807) is 24.3 Å². The zero-order valence-corrected chi connectivity index (χ0v) is 21.4. The molecule has 4 rings (SSSR count). The van der Waals surface area contributed by atoms with E-state index < -0.39 is 28.0 Å². The van der Waals surface area contributed by atoms with E-state index in [9.17, 15) is 9.59 Å². The molecule has 1 aliphatic rings. The molecule has 176 valence electrons. The van der Waals surface area contributed by atoms with Crippen LogP contribution in [0.4, 0.5) is 11.4 Å². The number of benzene rings is 3. The SMILES string of the molecule is Cc1ccc(NNC(=O)c2cc(NC(=O)C3C(c4cc(Cl)cc(Cl)c4)C3(Cl)Cl)ccc2Cl)cc1. The lowest BCUT2D eigenvalue weighted by Gasteiger charge is -2.12. The predicted octanol–water partition coefficient (Wildman–Crippen LogP) is 7.24. The molecule has 1 fully saturated rings. The Labute approximate surface area is 221 Å². The van der Waals surface area contributed by atoms with Gasteiger partial charge in [0.25, 0.3) is 5.91 Å². The van der Waals surface area contributed by atoms with Crippen molar-refractivity contribution in [2.24, 2.45) is 5.92 Å². The maximum atomic E-state index is 13.0. The highest BCUT2D eigenvalue weighted by Gasteiger charge is 2.67. The van der Waals surface area contributed by atoms with Crippen LogP contribution in [-0.4, -0.2) is 16.1 Å². The van der Waals surface area contributed by atoms with E-state index in [4.69, 9.17) is 58.0 Å². The monoisotopic (exact) mass is 555 g/mol. The summed E-state index contributed by atoms with van der Waals surface area (Å²) in [5.74, 6) is -2.09. The average molecular weight is 558 g/mol. The number of rotatable bonds is 6. The summed E-state index contributed by atoms with van der Waals surface area (Å²) in [6.07, 6.45) is 0. The average Bonchev–Trinajstić information content (AvgIpc) is 3.36. The van der Waals surface area contributed by atoms with Gasteiger partial charge < -0.3 is 5.32 Å². The van der Waals surface area contributed by atoms with Crippen molar-refractivity contribution in [1.82, 2.24) is 5.43 Å². The quantitative estimate of drug-likeness (QED) is 0.221.